The highest BCUT2D eigenvalue weighted by Crippen LogP contribution is 2.26. The normalized spacial score (nSPS) is 12.6. The Labute approximate surface area is 168 Å². The number of benzene rings is 2. The zero-order valence-corrected chi connectivity index (χ0v) is 18.3. The molecule has 1 amide bonds. The summed E-state index contributed by atoms with van der Waals surface area (Å²) < 4.78 is 28.4. The van der Waals surface area contributed by atoms with Crippen LogP contribution in [0.5, 0.6) is 0 Å². The number of nitrogens with one attached hydrogen (secondary N) is 2. The fourth-order valence-corrected chi connectivity index (χ4v) is 5.11. The standard InChI is InChI=1S/C22H30N2O3S/c1-14-9-7-8-10-20(14)11-12-23-22(25)19(6)24-28(26,27)21-17(4)15(2)13-16(3)18(21)5/h7-10,13,19,24H,11-12H2,1-6H3,(H,23,25)/t19-/m0/s1. The van der Waals surface area contributed by atoms with E-state index in [4.69, 9.17) is 0 Å². The average molecular weight is 403 g/mol. The Morgan fingerprint density at radius 2 is 1.54 bits per heavy atom. The largest absolute Gasteiger partial charge is 0.354 e. The quantitative estimate of drug-likeness (QED) is 0.746. The third-order valence-corrected chi connectivity index (χ3v) is 7.06. The highest BCUT2D eigenvalue weighted by Gasteiger charge is 2.26. The lowest BCUT2D eigenvalue weighted by molar-refractivity contribution is -0.122. The molecular weight excluding hydrogens is 372 g/mol. The zero-order chi connectivity index (χ0) is 21.1. The van der Waals surface area contributed by atoms with Gasteiger partial charge in [-0.1, -0.05) is 30.3 Å². The molecule has 0 aliphatic carbocycles. The van der Waals surface area contributed by atoms with Crippen molar-refractivity contribution in [3.63, 3.8) is 0 Å². The minimum Gasteiger partial charge on any atom is -0.354 e. The fraction of sp³-hybridized carbons (Fsp3) is 0.409. The summed E-state index contributed by atoms with van der Waals surface area (Å²) in [6, 6.07) is 9.12. The molecule has 0 radical (unpaired) electrons. The Hall–Kier alpha value is -2.18. The van der Waals surface area contributed by atoms with Crippen LogP contribution in [0.3, 0.4) is 0 Å². The molecule has 5 nitrogen and oxygen atoms in total. The molecule has 2 aromatic rings. The van der Waals surface area contributed by atoms with Crippen molar-refractivity contribution in [2.45, 2.75) is 58.9 Å². The zero-order valence-electron chi connectivity index (χ0n) is 17.5. The van der Waals surface area contributed by atoms with E-state index in [1.54, 1.807) is 20.8 Å². The smallest absolute Gasteiger partial charge is 0.241 e. The topological polar surface area (TPSA) is 75.3 Å². The van der Waals surface area contributed by atoms with Gasteiger partial charge < -0.3 is 5.32 Å². The predicted octanol–water partition coefficient (Wildman–Crippen LogP) is 3.25. The summed E-state index contributed by atoms with van der Waals surface area (Å²) >= 11 is 0. The second-order valence-electron chi connectivity index (χ2n) is 7.40. The maximum absolute atomic E-state index is 12.9. The van der Waals surface area contributed by atoms with Gasteiger partial charge in [0.1, 0.15) is 0 Å². The summed E-state index contributed by atoms with van der Waals surface area (Å²) in [6.45, 7) is 11.4. The van der Waals surface area contributed by atoms with Gasteiger partial charge in [-0.3, -0.25) is 4.79 Å². The van der Waals surface area contributed by atoms with E-state index >= 15 is 0 Å². The molecule has 0 aliphatic heterocycles. The van der Waals surface area contributed by atoms with Gasteiger partial charge in [-0.15, -0.1) is 0 Å². The SMILES string of the molecule is Cc1ccccc1CCNC(=O)[C@H](C)NS(=O)(=O)c1c(C)c(C)cc(C)c1C. The highest BCUT2D eigenvalue weighted by molar-refractivity contribution is 7.89. The van der Waals surface area contributed by atoms with Crippen molar-refractivity contribution in [1.82, 2.24) is 10.0 Å². The molecule has 2 N–H and O–H groups in total. The first-order valence-corrected chi connectivity index (χ1v) is 10.9. The molecule has 152 valence electrons. The second-order valence-corrected chi connectivity index (χ2v) is 9.05. The summed E-state index contributed by atoms with van der Waals surface area (Å²) in [5, 5.41) is 2.82. The lowest BCUT2D eigenvalue weighted by Gasteiger charge is -2.19. The Morgan fingerprint density at radius 1 is 0.964 bits per heavy atom. The molecule has 0 saturated heterocycles. The molecule has 0 heterocycles. The van der Waals surface area contributed by atoms with Gasteiger partial charge >= 0.3 is 0 Å². The molecule has 28 heavy (non-hydrogen) atoms. The van der Waals surface area contributed by atoms with Crippen LogP contribution in [-0.4, -0.2) is 26.9 Å². The van der Waals surface area contributed by atoms with Crippen LogP contribution in [-0.2, 0) is 21.2 Å². The lowest BCUT2D eigenvalue weighted by Crippen LogP contribution is -2.45. The number of hydrogen-bond donors (Lipinski definition) is 2. The van der Waals surface area contributed by atoms with Crippen LogP contribution in [0.1, 0.15) is 40.3 Å². The van der Waals surface area contributed by atoms with Gasteiger partial charge in [-0.05, 0) is 81.3 Å². The average Bonchev–Trinajstić information content (AvgIpc) is 2.61. The van der Waals surface area contributed by atoms with Crippen LogP contribution in [0.25, 0.3) is 0 Å². The van der Waals surface area contributed by atoms with Crippen molar-refractivity contribution in [2.24, 2.45) is 0 Å². The maximum atomic E-state index is 12.9. The van der Waals surface area contributed by atoms with E-state index in [1.165, 1.54) is 5.56 Å². The fourth-order valence-electron chi connectivity index (χ4n) is 3.29. The number of carbonyl (C=O) groups excluding carboxylic acids is 1. The van der Waals surface area contributed by atoms with Gasteiger partial charge in [0, 0.05) is 6.54 Å². The number of sulfonamides is 1. The van der Waals surface area contributed by atoms with Crippen molar-refractivity contribution in [1.29, 1.82) is 0 Å². The molecule has 0 aliphatic rings. The van der Waals surface area contributed by atoms with Gasteiger partial charge in [-0.25, -0.2) is 8.42 Å². The van der Waals surface area contributed by atoms with E-state index in [1.807, 2.05) is 51.1 Å². The van der Waals surface area contributed by atoms with Crippen LogP contribution in [0.2, 0.25) is 0 Å². The summed E-state index contributed by atoms with van der Waals surface area (Å²) in [7, 11) is -3.81. The first kappa shape index (κ1) is 22.1. The monoisotopic (exact) mass is 402 g/mol. The van der Waals surface area contributed by atoms with Crippen LogP contribution in [0.15, 0.2) is 35.2 Å². The minimum atomic E-state index is -3.81. The number of carbonyl (C=O) groups is 1. The molecule has 0 unspecified atom stereocenters. The van der Waals surface area contributed by atoms with Gasteiger partial charge in [0.05, 0.1) is 10.9 Å². The van der Waals surface area contributed by atoms with E-state index in [-0.39, 0.29) is 10.8 Å². The Bertz CT molecular complexity index is 955. The molecule has 2 rings (SSSR count). The Morgan fingerprint density at radius 3 is 2.11 bits per heavy atom. The van der Waals surface area contributed by atoms with Gasteiger partial charge in [0.15, 0.2) is 0 Å². The molecule has 0 saturated carbocycles. The van der Waals surface area contributed by atoms with Crippen LogP contribution in [0, 0.1) is 34.6 Å². The number of rotatable bonds is 7. The molecular formula is C22H30N2O3S. The van der Waals surface area contributed by atoms with Gasteiger partial charge in [-0.2, -0.15) is 4.72 Å². The molecule has 0 bridgehead atoms. The third kappa shape index (κ3) is 5.00. The Balaban J connectivity index is 2.06. The van der Waals surface area contributed by atoms with Crippen molar-refractivity contribution in [3.05, 3.63) is 63.7 Å². The summed E-state index contributed by atoms with van der Waals surface area (Å²) in [5.41, 5.74) is 5.59. The second kappa shape index (κ2) is 8.88. The van der Waals surface area contributed by atoms with Gasteiger partial charge in [0.2, 0.25) is 15.9 Å². The predicted molar refractivity (Wildman–Crippen MR) is 113 cm³/mol. The first-order chi connectivity index (χ1) is 13.0. The molecule has 2 aromatic carbocycles. The molecule has 1 atom stereocenters. The highest BCUT2D eigenvalue weighted by atomic mass is 32.2. The van der Waals surface area contributed by atoms with Crippen molar-refractivity contribution < 1.29 is 13.2 Å². The molecule has 0 spiro atoms. The lowest BCUT2D eigenvalue weighted by atomic mass is 10.0. The number of amides is 1. The maximum Gasteiger partial charge on any atom is 0.241 e. The molecule has 0 fully saturated rings. The summed E-state index contributed by atoms with van der Waals surface area (Å²) in [6.07, 6.45) is 0.702. The van der Waals surface area contributed by atoms with E-state index in [9.17, 15) is 13.2 Å². The third-order valence-electron chi connectivity index (χ3n) is 5.25. The summed E-state index contributed by atoms with van der Waals surface area (Å²) in [5.74, 6) is -0.336. The number of aryl methyl sites for hydroxylation is 3. The van der Waals surface area contributed by atoms with E-state index in [2.05, 4.69) is 10.0 Å². The van der Waals surface area contributed by atoms with Crippen LogP contribution >= 0.6 is 0 Å². The molecule has 0 aromatic heterocycles. The molecule has 6 heteroatoms. The first-order valence-electron chi connectivity index (χ1n) is 9.46. The van der Waals surface area contributed by atoms with Crippen molar-refractivity contribution >= 4 is 15.9 Å². The van der Waals surface area contributed by atoms with Crippen LogP contribution in [0.4, 0.5) is 0 Å². The minimum absolute atomic E-state index is 0.268. The van der Waals surface area contributed by atoms with E-state index < -0.39 is 16.1 Å². The van der Waals surface area contributed by atoms with Crippen LogP contribution < -0.4 is 10.0 Å². The van der Waals surface area contributed by atoms with Gasteiger partial charge in [0.25, 0.3) is 0 Å². The Kier molecular flexibility index (Phi) is 7.01. The van der Waals surface area contributed by atoms with E-state index in [0.717, 1.165) is 16.7 Å². The van der Waals surface area contributed by atoms with E-state index in [0.29, 0.717) is 24.1 Å². The van der Waals surface area contributed by atoms with Crippen molar-refractivity contribution in [2.75, 3.05) is 6.54 Å². The van der Waals surface area contributed by atoms with Crippen molar-refractivity contribution in [3.8, 4) is 0 Å². The number of hydrogen-bond acceptors (Lipinski definition) is 3. The summed E-state index contributed by atoms with van der Waals surface area (Å²) in [4.78, 5) is 12.7.